The number of carbonyl (C=O) groups is 1. The van der Waals surface area contributed by atoms with Crippen LogP contribution in [0.2, 0.25) is 0 Å². The molecular formula is C14H21NO4. The van der Waals surface area contributed by atoms with E-state index in [0.29, 0.717) is 18.7 Å². The standard InChI is InChI=1S/C14H21NO4/c1-11-5-3-4-6-13(11)19-10-14(17)15-8-7-12(16)9-18-2/h3-6,12,16H,7-10H2,1-2H3,(H,15,17). The maximum absolute atomic E-state index is 11.5. The zero-order chi connectivity index (χ0) is 14.1. The van der Waals surface area contributed by atoms with Crippen molar-refractivity contribution in [1.82, 2.24) is 5.32 Å². The van der Waals surface area contributed by atoms with Crippen molar-refractivity contribution >= 4 is 5.91 Å². The molecule has 0 saturated heterocycles. The van der Waals surface area contributed by atoms with Crippen LogP contribution in [-0.4, -0.2) is 44.0 Å². The maximum atomic E-state index is 11.5. The number of rotatable bonds is 8. The van der Waals surface area contributed by atoms with E-state index in [2.05, 4.69) is 5.32 Å². The van der Waals surface area contributed by atoms with Gasteiger partial charge in [0.15, 0.2) is 6.61 Å². The number of aryl methyl sites for hydroxylation is 1. The Balaban J connectivity index is 2.20. The third-order valence-corrected chi connectivity index (χ3v) is 2.61. The Morgan fingerprint density at radius 3 is 2.84 bits per heavy atom. The van der Waals surface area contributed by atoms with Gasteiger partial charge < -0.3 is 19.9 Å². The molecule has 2 N–H and O–H groups in total. The lowest BCUT2D eigenvalue weighted by atomic mass is 10.2. The van der Waals surface area contributed by atoms with E-state index >= 15 is 0 Å². The van der Waals surface area contributed by atoms with Gasteiger partial charge in [-0.05, 0) is 25.0 Å². The summed E-state index contributed by atoms with van der Waals surface area (Å²) in [5, 5.41) is 12.1. The lowest BCUT2D eigenvalue weighted by molar-refractivity contribution is -0.123. The average Bonchev–Trinajstić information content (AvgIpc) is 2.38. The van der Waals surface area contributed by atoms with E-state index in [1.807, 2.05) is 31.2 Å². The van der Waals surface area contributed by atoms with E-state index in [-0.39, 0.29) is 19.1 Å². The molecule has 5 nitrogen and oxygen atoms in total. The number of aliphatic hydroxyl groups is 1. The van der Waals surface area contributed by atoms with Crippen LogP contribution in [0.3, 0.4) is 0 Å². The van der Waals surface area contributed by atoms with Gasteiger partial charge in [0, 0.05) is 13.7 Å². The van der Waals surface area contributed by atoms with Crippen LogP contribution < -0.4 is 10.1 Å². The number of para-hydroxylation sites is 1. The smallest absolute Gasteiger partial charge is 0.257 e. The molecule has 0 spiro atoms. The minimum atomic E-state index is -0.553. The molecule has 0 saturated carbocycles. The van der Waals surface area contributed by atoms with Crippen LogP contribution in [0.15, 0.2) is 24.3 Å². The fraction of sp³-hybridized carbons (Fsp3) is 0.500. The summed E-state index contributed by atoms with van der Waals surface area (Å²) in [6.07, 6.45) is -0.0909. The van der Waals surface area contributed by atoms with Crippen LogP contribution in [0.25, 0.3) is 0 Å². The zero-order valence-electron chi connectivity index (χ0n) is 11.4. The number of ether oxygens (including phenoxy) is 2. The molecule has 0 aliphatic rings. The molecule has 0 aromatic heterocycles. The molecule has 0 radical (unpaired) electrons. The number of amides is 1. The fourth-order valence-electron chi connectivity index (χ4n) is 1.57. The van der Waals surface area contributed by atoms with Crippen LogP contribution in [-0.2, 0) is 9.53 Å². The van der Waals surface area contributed by atoms with E-state index in [4.69, 9.17) is 9.47 Å². The van der Waals surface area contributed by atoms with Crippen LogP contribution in [0.5, 0.6) is 5.75 Å². The normalized spacial score (nSPS) is 11.9. The minimum Gasteiger partial charge on any atom is -0.484 e. The molecule has 19 heavy (non-hydrogen) atoms. The molecule has 0 aliphatic heterocycles. The van der Waals surface area contributed by atoms with Gasteiger partial charge in [0.25, 0.3) is 5.91 Å². The highest BCUT2D eigenvalue weighted by atomic mass is 16.5. The first-order chi connectivity index (χ1) is 9.13. The second-order valence-corrected chi connectivity index (χ2v) is 4.30. The molecule has 0 fully saturated rings. The van der Waals surface area contributed by atoms with Crippen molar-refractivity contribution in [1.29, 1.82) is 0 Å². The number of hydrogen-bond donors (Lipinski definition) is 2. The van der Waals surface area contributed by atoms with E-state index in [0.717, 1.165) is 5.56 Å². The Bertz CT molecular complexity index is 395. The summed E-state index contributed by atoms with van der Waals surface area (Å²) in [4.78, 5) is 11.5. The predicted octanol–water partition coefficient (Wildman–Crippen LogP) is 0.887. The zero-order valence-corrected chi connectivity index (χ0v) is 11.4. The molecule has 106 valence electrons. The van der Waals surface area contributed by atoms with Gasteiger partial charge in [-0.15, -0.1) is 0 Å². The Hall–Kier alpha value is -1.59. The third kappa shape index (κ3) is 6.22. The maximum Gasteiger partial charge on any atom is 0.257 e. The molecule has 1 amide bonds. The van der Waals surface area contributed by atoms with Crippen molar-refractivity contribution in [2.45, 2.75) is 19.4 Å². The van der Waals surface area contributed by atoms with E-state index in [1.54, 1.807) is 0 Å². The van der Waals surface area contributed by atoms with E-state index in [1.165, 1.54) is 7.11 Å². The van der Waals surface area contributed by atoms with Gasteiger partial charge in [0.2, 0.25) is 0 Å². The van der Waals surface area contributed by atoms with Crippen molar-refractivity contribution in [2.75, 3.05) is 26.9 Å². The molecule has 1 unspecified atom stereocenters. The summed E-state index contributed by atoms with van der Waals surface area (Å²) in [5.74, 6) is 0.505. The van der Waals surface area contributed by atoms with Gasteiger partial charge in [-0.2, -0.15) is 0 Å². The van der Waals surface area contributed by atoms with Crippen molar-refractivity contribution in [2.24, 2.45) is 0 Å². The molecule has 1 rings (SSSR count). The first-order valence-electron chi connectivity index (χ1n) is 6.25. The first kappa shape index (κ1) is 15.5. The Kier molecular flexibility index (Phi) is 6.92. The Morgan fingerprint density at radius 2 is 2.16 bits per heavy atom. The highest BCUT2D eigenvalue weighted by molar-refractivity contribution is 5.77. The lowest BCUT2D eigenvalue weighted by Crippen LogP contribution is -2.32. The fourth-order valence-corrected chi connectivity index (χ4v) is 1.57. The lowest BCUT2D eigenvalue weighted by Gasteiger charge is -2.11. The van der Waals surface area contributed by atoms with Crippen LogP contribution >= 0.6 is 0 Å². The summed E-state index contributed by atoms with van der Waals surface area (Å²) in [6, 6.07) is 7.53. The first-order valence-corrected chi connectivity index (χ1v) is 6.25. The quantitative estimate of drug-likeness (QED) is 0.734. The van der Waals surface area contributed by atoms with Gasteiger partial charge in [-0.3, -0.25) is 4.79 Å². The summed E-state index contributed by atoms with van der Waals surface area (Å²) >= 11 is 0. The third-order valence-electron chi connectivity index (χ3n) is 2.61. The number of benzene rings is 1. The van der Waals surface area contributed by atoms with Gasteiger partial charge in [-0.25, -0.2) is 0 Å². The van der Waals surface area contributed by atoms with Crippen LogP contribution in [0.4, 0.5) is 0 Å². The van der Waals surface area contributed by atoms with E-state index in [9.17, 15) is 9.90 Å². The number of methoxy groups -OCH3 is 1. The second kappa shape index (κ2) is 8.50. The Morgan fingerprint density at radius 1 is 1.42 bits per heavy atom. The SMILES string of the molecule is COCC(O)CCNC(=O)COc1ccccc1C. The largest absolute Gasteiger partial charge is 0.484 e. The number of nitrogens with one attached hydrogen (secondary N) is 1. The monoisotopic (exact) mass is 267 g/mol. The number of carbonyl (C=O) groups excluding carboxylic acids is 1. The molecule has 1 aromatic carbocycles. The Labute approximate surface area is 113 Å². The molecule has 1 atom stereocenters. The number of hydrogen-bond acceptors (Lipinski definition) is 4. The van der Waals surface area contributed by atoms with Crippen LogP contribution in [0.1, 0.15) is 12.0 Å². The van der Waals surface area contributed by atoms with E-state index < -0.39 is 6.10 Å². The molecule has 1 aromatic rings. The van der Waals surface area contributed by atoms with Crippen molar-refractivity contribution in [3.63, 3.8) is 0 Å². The summed E-state index contributed by atoms with van der Waals surface area (Å²) < 4.78 is 10.2. The molecule has 0 bridgehead atoms. The van der Waals surface area contributed by atoms with Crippen molar-refractivity contribution in [3.8, 4) is 5.75 Å². The summed E-state index contributed by atoms with van der Waals surface area (Å²) in [7, 11) is 1.53. The van der Waals surface area contributed by atoms with Gasteiger partial charge in [0.05, 0.1) is 12.7 Å². The molecule has 5 heteroatoms. The van der Waals surface area contributed by atoms with Gasteiger partial charge >= 0.3 is 0 Å². The van der Waals surface area contributed by atoms with Gasteiger partial charge in [0.1, 0.15) is 5.75 Å². The second-order valence-electron chi connectivity index (χ2n) is 4.30. The molecular weight excluding hydrogens is 246 g/mol. The van der Waals surface area contributed by atoms with Crippen molar-refractivity contribution < 1.29 is 19.4 Å². The summed E-state index contributed by atoms with van der Waals surface area (Å²) in [6.45, 7) is 2.58. The highest BCUT2D eigenvalue weighted by Crippen LogP contribution is 2.15. The van der Waals surface area contributed by atoms with Gasteiger partial charge in [-0.1, -0.05) is 18.2 Å². The highest BCUT2D eigenvalue weighted by Gasteiger charge is 2.06. The van der Waals surface area contributed by atoms with Crippen LogP contribution in [0, 0.1) is 6.92 Å². The molecule has 0 heterocycles. The summed E-state index contributed by atoms with van der Waals surface area (Å²) in [5.41, 5.74) is 0.991. The average molecular weight is 267 g/mol. The molecule has 0 aliphatic carbocycles. The number of aliphatic hydroxyl groups excluding tert-OH is 1. The topological polar surface area (TPSA) is 67.8 Å². The predicted molar refractivity (Wildman–Crippen MR) is 72.2 cm³/mol. The van der Waals surface area contributed by atoms with Crippen molar-refractivity contribution in [3.05, 3.63) is 29.8 Å². The minimum absolute atomic E-state index is 0.0226.